The van der Waals surface area contributed by atoms with E-state index < -0.39 is 16.3 Å². The van der Waals surface area contributed by atoms with Crippen molar-refractivity contribution in [2.75, 3.05) is 0 Å². The van der Waals surface area contributed by atoms with E-state index in [9.17, 15) is 8.76 Å². The van der Waals surface area contributed by atoms with Crippen LogP contribution in [0.5, 0.6) is 0 Å². The van der Waals surface area contributed by atoms with Crippen LogP contribution in [0.3, 0.4) is 0 Å². The van der Waals surface area contributed by atoms with Crippen LogP contribution < -0.4 is 0 Å². The molecule has 0 bridgehead atoms. The molecule has 6 unspecified atom stereocenters. The summed E-state index contributed by atoms with van der Waals surface area (Å²) >= 11 is -2.13. The molecule has 0 heterocycles. The van der Waals surface area contributed by atoms with Gasteiger partial charge in [0.2, 0.25) is 0 Å². The van der Waals surface area contributed by atoms with Crippen LogP contribution in [-0.2, 0) is 11.1 Å². The van der Waals surface area contributed by atoms with Gasteiger partial charge in [0.25, 0.3) is 0 Å². The fraction of sp³-hybridized carbons (Fsp3) is 0.636. The highest BCUT2D eigenvalue weighted by atomic mass is 32.2. The van der Waals surface area contributed by atoms with Gasteiger partial charge in [-0.3, -0.25) is 4.21 Å². The molecule has 0 amide bonds. The van der Waals surface area contributed by atoms with E-state index in [2.05, 4.69) is 139 Å². The van der Waals surface area contributed by atoms with Gasteiger partial charge in [0, 0.05) is 5.25 Å². The second-order valence-electron chi connectivity index (χ2n) is 15.0. The molecule has 3 heteroatoms. The Balaban J connectivity index is 5.00. The summed E-state index contributed by atoms with van der Waals surface area (Å²) in [7, 11) is 0. The minimum atomic E-state index is -2.13. The summed E-state index contributed by atoms with van der Waals surface area (Å²) in [5, 5.41) is -0.474. The number of hydrogen-bond acceptors (Lipinski definition) is 2. The lowest BCUT2D eigenvalue weighted by Gasteiger charge is -2.19. The van der Waals surface area contributed by atoms with Crippen LogP contribution in [0.25, 0.3) is 0 Å². The third-order valence-corrected chi connectivity index (χ3v) is 10.5. The molecule has 0 saturated carbocycles. The second kappa shape index (κ2) is 25.1. The Bertz CT molecular complexity index is 1190. The van der Waals surface area contributed by atoms with Crippen molar-refractivity contribution >= 4 is 11.1 Å². The van der Waals surface area contributed by atoms with E-state index >= 15 is 0 Å². The van der Waals surface area contributed by atoms with Crippen LogP contribution in [0.1, 0.15) is 155 Å². The van der Waals surface area contributed by atoms with Gasteiger partial charge in [0.05, 0.1) is 0 Å². The van der Waals surface area contributed by atoms with Crippen molar-refractivity contribution in [1.82, 2.24) is 0 Å². The molecular formula is C44H73O2S-. The van der Waals surface area contributed by atoms with E-state index in [1.807, 2.05) is 6.08 Å². The summed E-state index contributed by atoms with van der Waals surface area (Å²) in [4.78, 5) is 0. The lowest BCUT2D eigenvalue weighted by molar-refractivity contribution is 0.523. The van der Waals surface area contributed by atoms with E-state index in [-0.39, 0.29) is 0 Å². The van der Waals surface area contributed by atoms with Gasteiger partial charge in [-0.1, -0.05) is 121 Å². The van der Waals surface area contributed by atoms with Gasteiger partial charge in [0.15, 0.2) is 0 Å². The zero-order valence-corrected chi connectivity index (χ0v) is 33.9. The molecule has 268 valence electrons. The van der Waals surface area contributed by atoms with Crippen molar-refractivity contribution in [2.45, 2.75) is 160 Å². The fourth-order valence-corrected chi connectivity index (χ4v) is 6.41. The molecule has 47 heavy (non-hydrogen) atoms. The fourth-order valence-electron chi connectivity index (χ4n) is 5.81. The van der Waals surface area contributed by atoms with Crippen LogP contribution in [-0.4, -0.2) is 14.0 Å². The second-order valence-corrected chi connectivity index (χ2v) is 16.2. The highest BCUT2D eigenvalue weighted by molar-refractivity contribution is 7.80. The zero-order valence-electron chi connectivity index (χ0n) is 33.1. The van der Waals surface area contributed by atoms with Gasteiger partial charge in [-0.05, 0) is 162 Å². The highest BCUT2D eigenvalue weighted by Gasteiger charge is 2.13. The first-order chi connectivity index (χ1) is 21.9. The third kappa shape index (κ3) is 22.3. The molecule has 0 aromatic carbocycles. The molecule has 0 aliphatic rings. The number of hydrogen-bond donors (Lipinski definition) is 0. The normalized spacial score (nSPS) is 17.9. The Morgan fingerprint density at radius 3 is 1.21 bits per heavy atom. The van der Waals surface area contributed by atoms with Crippen molar-refractivity contribution < 1.29 is 8.76 Å². The van der Waals surface area contributed by atoms with E-state index in [1.54, 1.807) is 0 Å². The molecule has 0 fully saturated rings. The van der Waals surface area contributed by atoms with Crippen molar-refractivity contribution in [2.24, 2.45) is 23.7 Å². The molecule has 6 atom stereocenters. The molecule has 0 N–H and O–H groups in total. The Kier molecular flexibility index (Phi) is 24.0. The maximum Gasteiger partial charge on any atom is 0.0432 e. The SMILES string of the molecule is CC(C)=CCC/C(C)=C/C(C)C(C)/C(C)=C/CC/C(C)=C/CC(/C=C(\C)CC/C=C(\C)C(C)C(C)/C=C(\C)CCC=C(C)C)S(=O)[O-]. The van der Waals surface area contributed by atoms with Crippen molar-refractivity contribution in [3.63, 3.8) is 0 Å². The van der Waals surface area contributed by atoms with Crippen LogP contribution in [0.4, 0.5) is 0 Å². The van der Waals surface area contributed by atoms with E-state index in [0.29, 0.717) is 30.1 Å². The van der Waals surface area contributed by atoms with Crippen LogP contribution in [0.15, 0.2) is 93.2 Å². The summed E-state index contributed by atoms with van der Waals surface area (Å²) in [5.41, 5.74) is 11.0. The Morgan fingerprint density at radius 1 is 0.511 bits per heavy atom. The minimum Gasteiger partial charge on any atom is -0.772 e. The zero-order chi connectivity index (χ0) is 36.1. The molecule has 0 aliphatic carbocycles. The Hall–Kier alpha value is -1.97. The van der Waals surface area contributed by atoms with Gasteiger partial charge in [-0.15, -0.1) is 0 Å². The summed E-state index contributed by atoms with van der Waals surface area (Å²) in [6.45, 7) is 31.1. The molecule has 0 rings (SSSR count). The smallest absolute Gasteiger partial charge is 0.0432 e. The quantitative estimate of drug-likeness (QED) is 0.0853. The first-order valence-corrected chi connectivity index (χ1v) is 19.4. The molecular weight excluding hydrogens is 593 g/mol. The van der Waals surface area contributed by atoms with E-state index in [0.717, 1.165) is 56.9 Å². The summed E-state index contributed by atoms with van der Waals surface area (Å²) in [6.07, 6.45) is 27.1. The van der Waals surface area contributed by atoms with Crippen LogP contribution >= 0.6 is 0 Å². The highest BCUT2D eigenvalue weighted by Crippen LogP contribution is 2.26. The predicted molar refractivity (Wildman–Crippen MR) is 212 cm³/mol. The van der Waals surface area contributed by atoms with E-state index in [4.69, 9.17) is 0 Å². The lowest BCUT2D eigenvalue weighted by atomic mass is 9.87. The minimum absolute atomic E-state index is 0.474. The third-order valence-electron chi connectivity index (χ3n) is 9.72. The Morgan fingerprint density at radius 2 is 0.851 bits per heavy atom. The molecule has 0 radical (unpaired) electrons. The molecule has 0 aromatic heterocycles. The first kappa shape index (κ1) is 45.0. The number of allylic oxidation sites excluding steroid dienone is 15. The van der Waals surface area contributed by atoms with Crippen molar-refractivity contribution in [3.8, 4) is 0 Å². The van der Waals surface area contributed by atoms with Crippen molar-refractivity contribution in [1.29, 1.82) is 0 Å². The van der Waals surface area contributed by atoms with Gasteiger partial charge in [-0.25, -0.2) is 0 Å². The van der Waals surface area contributed by atoms with E-state index in [1.165, 1.54) is 39.0 Å². The average Bonchev–Trinajstić information content (AvgIpc) is 2.97. The van der Waals surface area contributed by atoms with Crippen LogP contribution in [0, 0.1) is 23.7 Å². The first-order valence-electron chi connectivity index (χ1n) is 18.3. The molecule has 0 aliphatic heterocycles. The summed E-state index contributed by atoms with van der Waals surface area (Å²) in [5.74, 6) is 2.00. The molecule has 0 spiro atoms. The van der Waals surface area contributed by atoms with Gasteiger partial charge in [0.1, 0.15) is 0 Å². The predicted octanol–water partition coefficient (Wildman–Crippen LogP) is 13.9. The van der Waals surface area contributed by atoms with Gasteiger partial charge >= 0.3 is 0 Å². The van der Waals surface area contributed by atoms with Gasteiger partial charge < -0.3 is 4.55 Å². The average molecular weight is 666 g/mol. The maximum atomic E-state index is 12.1. The van der Waals surface area contributed by atoms with Crippen molar-refractivity contribution in [3.05, 3.63) is 93.2 Å². The molecule has 0 saturated heterocycles. The topological polar surface area (TPSA) is 40.1 Å². The maximum absolute atomic E-state index is 12.1. The summed E-state index contributed by atoms with van der Waals surface area (Å²) in [6, 6.07) is 0. The standard InChI is InChI=1S/C44H74O2S/c1-32(2)19-15-22-35(6)29-40(11)42(13)38(9)25-17-21-34(5)27-28-44(47(45)46)31-37(8)24-18-26-39(10)43(14)41(12)30-36(7)23-16-20-33(3)4/h19-20,25-27,29-31,40-44H,15-18,21-24,28H2,1-14H3,(H,45,46)/p-1/b34-27+,35-29+,36-30+,37-31+,38-25+,39-26+. The monoisotopic (exact) mass is 666 g/mol. The number of rotatable bonds is 22. The Labute approximate surface area is 295 Å². The largest absolute Gasteiger partial charge is 0.772 e. The molecule has 0 aromatic rings. The lowest BCUT2D eigenvalue weighted by Crippen LogP contribution is -2.11. The summed E-state index contributed by atoms with van der Waals surface area (Å²) < 4.78 is 24.2. The van der Waals surface area contributed by atoms with Gasteiger partial charge in [-0.2, -0.15) is 0 Å². The molecule has 2 nitrogen and oxygen atoms in total. The van der Waals surface area contributed by atoms with Crippen LogP contribution in [0.2, 0.25) is 0 Å².